The van der Waals surface area contributed by atoms with Gasteiger partial charge in [0, 0.05) is 7.11 Å². The van der Waals surface area contributed by atoms with Crippen LogP contribution in [0.4, 0.5) is 0 Å². The van der Waals surface area contributed by atoms with E-state index in [0.717, 1.165) is 11.1 Å². The SMILES string of the molecule is COCC1=C(C(=O)OC)[C@@H](c2cccc(C)c2)C(C#N)=C(N)O1. The minimum Gasteiger partial charge on any atom is -0.466 e. The Morgan fingerprint density at radius 2 is 2.17 bits per heavy atom. The molecule has 0 aliphatic carbocycles. The van der Waals surface area contributed by atoms with Crippen molar-refractivity contribution in [1.82, 2.24) is 0 Å². The molecule has 1 heterocycles. The summed E-state index contributed by atoms with van der Waals surface area (Å²) in [7, 11) is 2.76. The molecular formula is C17H18N2O4. The van der Waals surface area contributed by atoms with E-state index in [1.54, 1.807) is 0 Å². The Hall–Kier alpha value is -2.78. The van der Waals surface area contributed by atoms with Crippen molar-refractivity contribution in [3.05, 3.63) is 58.2 Å². The van der Waals surface area contributed by atoms with Gasteiger partial charge in [0.05, 0.1) is 18.6 Å². The van der Waals surface area contributed by atoms with Gasteiger partial charge in [-0.25, -0.2) is 4.79 Å². The first kappa shape index (κ1) is 16.6. The molecule has 0 saturated heterocycles. The van der Waals surface area contributed by atoms with Crippen molar-refractivity contribution in [3.63, 3.8) is 0 Å². The van der Waals surface area contributed by atoms with Gasteiger partial charge in [-0.1, -0.05) is 29.8 Å². The first-order chi connectivity index (χ1) is 11.0. The summed E-state index contributed by atoms with van der Waals surface area (Å²) in [5.41, 5.74) is 8.04. The Morgan fingerprint density at radius 1 is 1.43 bits per heavy atom. The highest BCUT2D eigenvalue weighted by molar-refractivity contribution is 5.92. The number of carbonyl (C=O) groups is 1. The predicted molar refractivity (Wildman–Crippen MR) is 82.7 cm³/mol. The summed E-state index contributed by atoms with van der Waals surface area (Å²) in [6.45, 7) is 1.98. The fraction of sp³-hybridized carbons (Fsp3) is 0.294. The average Bonchev–Trinajstić information content (AvgIpc) is 2.54. The molecule has 0 spiro atoms. The standard InChI is InChI=1S/C17H18N2O4/c1-10-5-4-6-11(7-10)14-12(8-18)16(19)23-13(9-21-2)15(14)17(20)22-3/h4-7,14H,9,19H2,1-3H3/t14-/m0/s1. The molecule has 0 saturated carbocycles. The third-order valence-electron chi connectivity index (χ3n) is 3.55. The summed E-state index contributed by atoms with van der Waals surface area (Å²) < 4.78 is 15.4. The number of nitrogens with two attached hydrogens (primary N) is 1. The molecule has 2 N–H and O–H groups in total. The molecule has 0 amide bonds. The Labute approximate surface area is 134 Å². The number of rotatable bonds is 4. The number of esters is 1. The highest BCUT2D eigenvalue weighted by Gasteiger charge is 2.37. The van der Waals surface area contributed by atoms with Gasteiger partial charge in [-0.15, -0.1) is 0 Å². The quantitative estimate of drug-likeness (QED) is 0.853. The smallest absolute Gasteiger partial charge is 0.338 e. The molecule has 0 radical (unpaired) electrons. The third kappa shape index (κ3) is 3.20. The summed E-state index contributed by atoms with van der Waals surface area (Å²) in [4.78, 5) is 12.3. The van der Waals surface area contributed by atoms with Crippen molar-refractivity contribution in [3.8, 4) is 6.07 Å². The van der Waals surface area contributed by atoms with Crippen molar-refractivity contribution in [2.75, 3.05) is 20.8 Å². The molecule has 23 heavy (non-hydrogen) atoms. The van der Waals surface area contributed by atoms with E-state index in [0.29, 0.717) is 0 Å². The highest BCUT2D eigenvalue weighted by atomic mass is 16.5. The van der Waals surface area contributed by atoms with Crippen LogP contribution < -0.4 is 5.73 Å². The van der Waals surface area contributed by atoms with E-state index < -0.39 is 11.9 Å². The first-order valence-corrected chi connectivity index (χ1v) is 6.97. The van der Waals surface area contributed by atoms with E-state index in [2.05, 4.69) is 0 Å². The summed E-state index contributed by atoms with van der Waals surface area (Å²) in [5.74, 6) is -1.00. The molecule has 1 aromatic rings. The van der Waals surface area contributed by atoms with E-state index >= 15 is 0 Å². The average molecular weight is 314 g/mol. The number of nitrogens with zero attached hydrogens (tertiary/aromatic N) is 1. The maximum atomic E-state index is 12.3. The molecule has 1 aliphatic heterocycles. The number of hydrogen-bond donors (Lipinski definition) is 1. The topological polar surface area (TPSA) is 94.6 Å². The monoisotopic (exact) mass is 314 g/mol. The Bertz CT molecular complexity index is 728. The molecule has 1 aliphatic rings. The lowest BCUT2D eigenvalue weighted by molar-refractivity contribution is -0.136. The number of carbonyl (C=O) groups excluding carboxylic acids is 1. The van der Waals surface area contributed by atoms with Gasteiger partial charge < -0.3 is 19.9 Å². The van der Waals surface area contributed by atoms with Crippen LogP contribution in [0.25, 0.3) is 0 Å². The molecule has 6 nitrogen and oxygen atoms in total. The van der Waals surface area contributed by atoms with Crippen molar-refractivity contribution < 1.29 is 19.0 Å². The zero-order chi connectivity index (χ0) is 17.0. The van der Waals surface area contributed by atoms with Gasteiger partial charge >= 0.3 is 5.97 Å². The van der Waals surface area contributed by atoms with Gasteiger partial charge in [0.1, 0.15) is 24.0 Å². The fourth-order valence-electron chi connectivity index (χ4n) is 2.57. The Morgan fingerprint density at radius 3 is 2.74 bits per heavy atom. The summed E-state index contributed by atoms with van der Waals surface area (Å²) in [5, 5.41) is 9.48. The number of aryl methyl sites for hydroxylation is 1. The van der Waals surface area contributed by atoms with Gasteiger partial charge in [0.25, 0.3) is 0 Å². The molecule has 0 unspecified atom stereocenters. The van der Waals surface area contributed by atoms with Gasteiger partial charge in [-0.3, -0.25) is 0 Å². The zero-order valence-electron chi connectivity index (χ0n) is 13.3. The largest absolute Gasteiger partial charge is 0.466 e. The highest BCUT2D eigenvalue weighted by Crippen LogP contribution is 2.39. The van der Waals surface area contributed by atoms with E-state index in [9.17, 15) is 10.1 Å². The number of methoxy groups -OCH3 is 2. The van der Waals surface area contributed by atoms with Crippen molar-refractivity contribution in [2.45, 2.75) is 12.8 Å². The molecule has 0 bridgehead atoms. The predicted octanol–water partition coefficient (Wildman–Crippen LogP) is 1.88. The van der Waals surface area contributed by atoms with Crippen LogP contribution in [0.2, 0.25) is 0 Å². The van der Waals surface area contributed by atoms with E-state index in [-0.39, 0.29) is 29.4 Å². The maximum Gasteiger partial charge on any atom is 0.338 e. The van der Waals surface area contributed by atoms with E-state index in [1.165, 1.54) is 14.2 Å². The molecule has 1 aromatic carbocycles. The maximum absolute atomic E-state index is 12.3. The second kappa shape index (κ2) is 6.99. The lowest BCUT2D eigenvalue weighted by Gasteiger charge is -2.27. The van der Waals surface area contributed by atoms with Crippen LogP contribution in [-0.2, 0) is 19.0 Å². The van der Waals surface area contributed by atoms with Crippen LogP contribution in [0.15, 0.2) is 47.1 Å². The molecule has 120 valence electrons. The van der Waals surface area contributed by atoms with Gasteiger partial charge in [0.2, 0.25) is 5.88 Å². The zero-order valence-corrected chi connectivity index (χ0v) is 13.3. The van der Waals surface area contributed by atoms with Crippen LogP contribution in [0, 0.1) is 18.3 Å². The van der Waals surface area contributed by atoms with Crippen LogP contribution >= 0.6 is 0 Å². The van der Waals surface area contributed by atoms with Crippen LogP contribution in [0.1, 0.15) is 17.0 Å². The number of hydrogen-bond acceptors (Lipinski definition) is 6. The molecule has 0 aromatic heterocycles. The number of benzene rings is 1. The molecule has 6 heteroatoms. The molecular weight excluding hydrogens is 296 g/mol. The Balaban J connectivity index is 2.68. The second-order valence-electron chi connectivity index (χ2n) is 5.10. The van der Waals surface area contributed by atoms with E-state index in [4.69, 9.17) is 19.9 Å². The number of allylic oxidation sites excluding steroid dienone is 1. The Kier molecular flexibility index (Phi) is 5.04. The lowest BCUT2D eigenvalue weighted by atomic mass is 9.82. The van der Waals surface area contributed by atoms with Gasteiger partial charge in [-0.2, -0.15) is 5.26 Å². The lowest BCUT2D eigenvalue weighted by Crippen LogP contribution is -2.27. The number of nitriles is 1. The van der Waals surface area contributed by atoms with Crippen LogP contribution in [-0.4, -0.2) is 26.8 Å². The van der Waals surface area contributed by atoms with Crippen LogP contribution in [0.5, 0.6) is 0 Å². The van der Waals surface area contributed by atoms with Crippen molar-refractivity contribution in [1.29, 1.82) is 5.26 Å². The first-order valence-electron chi connectivity index (χ1n) is 6.97. The molecule has 0 fully saturated rings. The summed E-state index contributed by atoms with van der Waals surface area (Å²) in [6.07, 6.45) is 0. The van der Waals surface area contributed by atoms with E-state index in [1.807, 2.05) is 37.3 Å². The minimum atomic E-state index is -0.647. The summed E-state index contributed by atoms with van der Waals surface area (Å²) >= 11 is 0. The normalized spacial score (nSPS) is 17.6. The third-order valence-corrected chi connectivity index (χ3v) is 3.55. The fourth-order valence-corrected chi connectivity index (χ4v) is 2.57. The molecule has 2 rings (SSSR count). The van der Waals surface area contributed by atoms with Crippen molar-refractivity contribution >= 4 is 5.97 Å². The second-order valence-corrected chi connectivity index (χ2v) is 5.10. The van der Waals surface area contributed by atoms with Crippen LogP contribution in [0.3, 0.4) is 0 Å². The molecule has 1 atom stereocenters. The van der Waals surface area contributed by atoms with Gasteiger partial charge in [0.15, 0.2) is 0 Å². The van der Waals surface area contributed by atoms with Gasteiger partial charge in [-0.05, 0) is 12.5 Å². The summed E-state index contributed by atoms with van der Waals surface area (Å²) in [6, 6.07) is 9.56. The van der Waals surface area contributed by atoms with Crippen molar-refractivity contribution in [2.24, 2.45) is 5.73 Å². The minimum absolute atomic E-state index is 0.0290. The number of ether oxygens (including phenoxy) is 3.